The van der Waals surface area contributed by atoms with E-state index < -0.39 is 0 Å². The second-order valence-corrected chi connectivity index (χ2v) is 6.03. The lowest BCUT2D eigenvalue weighted by molar-refractivity contribution is 0.0544. The van der Waals surface area contributed by atoms with Crippen molar-refractivity contribution < 1.29 is 9.53 Å². The zero-order chi connectivity index (χ0) is 15.4. The minimum absolute atomic E-state index is 0.0765. The second-order valence-electron chi connectivity index (χ2n) is 6.03. The number of carbonyl (C=O) groups is 1. The molecule has 0 heterocycles. The Labute approximate surface area is 127 Å². The Balaban J connectivity index is 2.16. The predicted molar refractivity (Wildman–Crippen MR) is 84.8 cm³/mol. The molecule has 1 aromatic carbocycles. The molecule has 1 saturated carbocycles. The third kappa shape index (κ3) is 3.56. The summed E-state index contributed by atoms with van der Waals surface area (Å²) in [7, 11) is 7.75. The summed E-state index contributed by atoms with van der Waals surface area (Å²) < 4.78 is 5.21. The number of carbonyl (C=O) groups excluding carboxylic acids is 1. The van der Waals surface area contributed by atoms with Gasteiger partial charge in [-0.15, -0.1) is 0 Å². The van der Waals surface area contributed by atoms with Gasteiger partial charge in [-0.05, 0) is 45.1 Å². The summed E-state index contributed by atoms with van der Waals surface area (Å²) in [6.07, 6.45) is 4.69. The van der Waals surface area contributed by atoms with Gasteiger partial charge in [-0.25, -0.2) is 0 Å². The van der Waals surface area contributed by atoms with Gasteiger partial charge < -0.3 is 14.5 Å². The number of ether oxygens (including phenoxy) is 1. The summed E-state index contributed by atoms with van der Waals surface area (Å²) in [6.45, 7) is 0. The van der Waals surface area contributed by atoms with Crippen molar-refractivity contribution in [3.63, 3.8) is 0 Å². The minimum atomic E-state index is 0.0765. The first-order valence-corrected chi connectivity index (χ1v) is 7.62. The van der Waals surface area contributed by atoms with E-state index in [1.165, 1.54) is 12.8 Å². The molecular weight excluding hydrogens is 264 g/mol. The zero-order valence-electron chi connectivity index (χ0n) is 13.5. The van der Waals surface area contributed by atoms with Crippen LogP contribution < -0.4 is 4.74 Å². The average Bonchev–Trinajstić information content (AvgIpc) is 2.53. The molecule has 0 N–H and O–H groups in total. The van der Waals surface area contributed by atoms with Crippen LogP contribution in [0.15, 0.2) is 24.3 Å². The van der Waals surface area contributed by atoms with Crippen molar-refractivity contribution >= 4 is 5.91 Å². The molecule has 0 aromatic heterocycles. The molecule has 116 valence electrons. The van der Waals surface area contributed by atoms with Crippen LogP contribution in [0.3, 0.4) is 0 Å². The van der Waals surface area contributed by atoms with E-state index in [1.807, 2.05) is 36.2 Å². The number of amides is 1. The highest BCUT2D eigenvalue weighted by Crippen LogP contribution is 2.26. The molecule has 0 bridgehead atoms. The van der Waals surface area contributed by atoms with E-state index in [2.05, 4.69) is 19.0 Å². The predicted octanol–water partition coefficient (Wildman–Crippen LogP) is 2.64. The number of likely N-dealkylation sites (N-methyl/N-ethyl adjacent to an activating group) is 2. The smallest absolute Gasteiger partial charge is 0.254 e. The van der Waals surface area contributed by atoms with Gasteiger partial charge >= 0.3 is 0 Å². The maximum Gasteiger partial charge on any atom is 0.254 e. The third-order valence-electron chi connectivity index (χ3n) is 4.49. The van der Waals surface area contributed by atoms with E-state index in [0.29, 0.717) is 11.6 Å². The van der Waals surface area contributed by atoms with Crippen LogP contribution in [-0.2, 0) is 0 Å². The van der Waals surface area contributed by atoms with E-state index in [4.69, 9.17) is 4.74 Å². The first-order chi connectivity index (χ1) is 10.0. The highest BCUT2D eigenvalue weighted by atomic mass is 16.5. The van der Waals surface area contributed by atoms with Crippen molar-refractivity contribution in [2.75, 3.05) is 28.3 Å². The van der Waals surface area contributed by atoms with E-state index in [1.54, 1.807) is 7.11 Å². The second kappa shape index (κ2) is 6.94. The molecule has 1 aromatic rings. The Morgan fingerprint density at radius 1 is 1.14 bits per heavy atom. The van der Waals surface area contributed by atoms with Gasteiger partial charge in [-0.2, -0.15) is 0 Å². The van der Waals surface area contributed by atoms with E-state index in [9.17, 15) is 4.79 Å². The molecule has 4 heteroatoms. The highest BCUT2D eigenvalue weighted by Gasteiger charge is 2.32. The third-order valence-corrected chi connectivity index (χ3v) is 4.49. The summed E-state index contributed by atoms with van der Waals surface area (Å²) in [5, 5.41) is 0. The van der Waals surface area contributed by atoms with Gasteiger partial charge in [0.15, 0.2) is 0 Å². The first kappa shape index (κ1) is 15.8. The Kier molecular flexibility index (Phi) is 5.23. The highest BCUT2D eigenvalue weighted by molar-refractivity contribution is 5.94. The molecule has 0 unspecified atom stereocenters. The quantitative estimate of drug-likeness (QED) is 0.854. The van der Waals surface area contributed by atoms with Crippen molar-refractivity contribution in [3.8, 4) is 5.75 Å². The Bertz CT molecular complexity index is 487. The lowest BCUT2D eigenvalue weighted by Gasteiger charge is -2.41. The van der Waals surface area contributed by atoms with Gasteiger partial charge in [0.1, 0.15) is 5.75 Å². The van der Waals surface area contributed by atoms with Crippen LogP contribution >= 0.6 is 0 Å². The van der Waals surface area contributed by atoms with Gasteiger partial charge in [-0.1, -0.05) is 18.9 Å². The number of rotatable bonds is 4. The van der Waals surface area contributed by atoms with Crippen LogP contribution in [0, 0.1) is 0 Å². The molecule has 2 rings (SSSR count). The van der Waals surface area contributed by atoms with Gasteiger partial charge in [-0.3, -0.25) is 4.79 Å². The molecule has 0 radical (unpaired) electrons. The van der Waals surface area contributed by atoms with Crippen LogP contribution in [0.1, 0.15) is 36.0 Å². The van der Waals surface area contributed by atoms with Crippen LogP contribution in [0.5, 0.6) is 5.75 Å². The van der Waals surface area contributed by atoms with Gasteiger partial charge in [0, 0.05) is 24.7 Å². The van der Waals surface area contributed by atoms with Crippen molar-refractivity contribution in [2.24, 2.45) is 0 Å². The molecule has 2 atom stereocenters. The maximum absolute atomic E-state index is 12.7. The van der Waals surface area contributed by atoms with E-state index in [0.717, 1.165) is 18.6 Å². The molecular formula is C17H26N2O2. The molecule has 21 heavy (non-hydrogen) atoms. The summed E-state index contributed by atoms with van der Waals surface area (Å²) in [5.41, 5.74) is 0.694. The maximum atomic E-state index is 12.7. The van der Waals surface area contributed by atoms with E-state index >= 15 is 0 Å². The van der Waals surface area contributed by atoms with Gasteiger partial charge in [0.25, 0.3) is 5.91 Å². The summed E-state index contributed by atoms with van der Waals surface area (Å²) in [6, 6.07) is 8.12. The minimum Gasteiger partial charge on any atom is -0.497 e. The van der Waals surface area contributed by atoms with Crippen LogP contribution in [0.2, 0.25) is 0 Å². The topological polar surface area (TPSA) is 32.8 Å². The molecule has 0 aliphatic heterocycles. The number of hydrogen-bond donors (Lipinski definition) is 0. The normalized spacial score (nSPS) is 22.1. The van der Waals surface area contributed by atoms with Crippen LogP contribution in [0.4, 0.5) is 0 Å². The van der Waals surface area contributed by atoms with Crippen molar-refractivity contribution in [3.05, 3.63) is 29.8 Å². The lowest BCUT2D eigenvalue weighted by atomic mass is 9.88. The Morgan fingerprint density at radius 3 is 2.43 bits per heavy atom. The lowest BCUT2D eigenvalue weighted by Crippen LogP contribution is -2.51. The number of methoxy groups -OCH3 is 1. The Morgan fingerprint density at radius 2 is 1.81 bits per heavy atom. The van der Waals surface area contributed by atoms with Crippen LogP contribution in [-0.4, -0.2) is 56.0 Å². The average molecular weight is 290 g/mol. The number of benzene rings is 1. The summed E-state index contributed by atoms with van der Waals surface area (Å²) >= 11 is 0. The fourth-order valence-electron chi connectivity index (χ4n) is 3.26. The van der Waals surface area contributed by atoms with Crippen molar-refractivity contribution in [1.29, 1.82) is 0 Å². The zero-order valence-corrected chi connectivity index (χ0v) is 13.5. The number of hydrogen-bond acceptors (Lipinski definition) is 3. The summed E-state index contributed by atoms with van der Waals surface area (Å²) in [5.74, 6) is 0.801. The van der Waals surface area contributed by atoms with Crippen molar-refractivity contribution in [2.45, 2.75) is 37.8 Å². The van der Waals surface area contributed by atoms with Gasteiger partial charge in [0.2, 0.25) is 0 Å². The SMILES string of the molecule is COc1cccc(C(=O)N(C)[C@@H]2CCCC[C@H]2N(C)C)c1. The first-order valence-electron chi connectivity index (χ1n) is 7.62. The fourth-order valence-corrected chi connectivity index (χ4v) is 3.26. The monoisotopic (exact) mass is 290 g/mol. The van der Waals surface area contributed by atoms with Crippen molar-refractivity contribution in [1.82, 2.24) is 9.80 Å². The largest absolute Gasteiger partial charge is 0.497 e. The molecule has 1 fully saturated rings. The Hall–Kier alpha value is -1.55. The van der Waals surface area contributed by atoms with Gasteiger partial charge in [0.05, 0.1) is 7.11 Å². The standard InChI is InChI=1S/C17H26N2O2/c1-18(2)15-10-5-6-11-16(15)19(3)17(20)13-8-7-9-14(12-13)21-4/h7-9,12,15-16H,5-6,10-11H2,1-4H3/t15-,16-/m1/s1. The number of nitrogens with zero attached hydrogens (tertiary/aromatic N) is 2. The molecule has 0 spiro atoms. The molecule has 4 nitrogen and oxygen atoms in total. The fraction of sp³-hybridized carbons (Fsp3) is 0.588. The molecule has 0 saturated heterocycles. The molecule has 1 aliphatic rings. The van der Waals surface area contributed by atoms with E-state index in [-0.39, 0.29) is 11.9 Å². The molecule has 1 aliphatic carbocycles. The summed E-state index contributed by atoms with van der Waals surface area (Å²) in [4.78, 5) is 16.9. The van der Waals surface area contributed by atoms with Crippen LogP contribution in [0.25, 0.3) is 0 Å². The molecule has 1 amide bonds.